The Hall–Kier alpha value is -2.72. The van der Waals surface area contributed by atoms with E-state index >= 15 is 0 Å². The Labute approximate surface area is 123 Å². The first-order valence-corrected chi connectivity index (χ1v) is 6.55. The number of benzene rings is 2. The van der Waals surface area contributed by atoms with Crippen LogP contribution < -0.4 is 5.43 Å². The van der Waals surface area contributed by atoms with Crippen LogP contribution in [0, 0.1) is 0 Å². The van der Waals surface area contributed by atoms with Gasteiger partial charge in [0, 0.05) is 6.21 Å². The van der Waals surface area contributed by atoms with E-state index in [4.69, 9.17) is 0 Å². The van der Waals surface area contributed by atoms with Crippen LogP contribution in [0.4, 0.5) is 0 Å². The molecule has 0 heterocycles. The van der Waals surface area contributed by atoms with E-state index in [9.17, 15) is 9.90 Å². The summed E-state index contributed by atoms with van der Waals surface area (Å²) in [6.07, 6.45) is 3.82. The van der Waals surface area contributed by atoms with Gasteiger partial charge in [0.05, 0.1) is 0 Å². The maximum absolute atomic E-state index is 11.7. The van der Waals surface area contributed by atoms with Gasteiger partial charge in [-0.1, -0.05) is 66.7 Å². The van der Waals surface area contributed by atoms with E-state index in [1.54, 1.807) is 30.3 Å². The topological polar surface area (TPSA) is 61.7 Å². The number of aliphatic hydroxyl groups excluding tert-OH is 1. The number of carbonyl (C=O) groups excluding carboxylic acids is 1. The lowest BCUT2D eigenvalue weighted by atomic mass is 10.1. The Kier molecular flexibility index (Phi) is 5.43. The molecular formula is C17H16N2O2. The minimum atomic E-state index is -1.22. The van der Waals surface area contributed by atoms with E-state index in [1.165, 1.54) is 6.21 Å². The highest BCUT2D eigenvalue weighted by Gasteiger charge is 2.15. The number of hydrogen-bond donors (Lipinski definition) is 2. The summed E-state index contributed by atoms with van der Waals surface area (Å²) in [7, 11) is 0. The van der Waals surface area contributed by atoms with Crippen molar-refractivity contribution >= 4 is 18.2 Å². The molecule has 0 aliphatic rings. The number of rotatable bonds is 5. The molecule has 0 saturated heterocycles. The highest BCUT2D eigenvalue weighted by atomic mass is 16.3. The van der Waals surface area contributed by atoms with Gasteiger partial charge in [-0.3, -0.25) is 4.79 Å². The fourth-order valence-electron chi connectivity index (χ4n) is 1.71. The molecule has 0 fully saturated rings. The van der Waals surface area contributed by atoms with E-state index in [-0.39, 0.29) is 0 Å². The number of nitrogens with one attached hydrogen (secondary N) is 1. The Morgan fingerprint density at radius 1 is 1.05 bits per heavy atom. The van der Waals surface area contributed by atoms with Crippen molar-refractivity contribution in [3.05, 3.63) is 77.9 Å². The number of aliphatic hydroxyl groups is 1. The molecule has 0 saturated carbocycles. The first-order chi connectivity index (χ1) is 10.3. The highest BCUT2D eigenvalue weighted by molar-refractivity contribution is 5.84. The smallest absolute Gasteiger partial charge is 0.273 e. The van der Waals surface area contributed by atoms with Gasteiger partial charge < -0.3 is 5.11 Å². The lowest BCUT2D eigenvalue weighted by Crippen LogP contribution is -2.24. The number of amides is 1. The van der Waals surface area contributed by atoms with Crippen molar-refractivity contribution in [1.29, 1.82) is 0 Å². The summed E-state index contributed by atoms with van der Waals surface area (Å²) in [5.74, 6) is -0.564. The summed E-state index contributed by atoms with van der Waals surface area (Å²) in [4.78, 5) is 11.7. The molecule has 1 unspecified atom stereocenters. The molecule has 0 spiro atoms. The van der Waals surface area contributed by atoms with E-state index < -0.39 is 12.0 Å². The first kappa shape index (κ1) is 14.7. The van der Waals surface area contributed by atoms with Crippen LogP contribution in [-0.2, 0) is 4.79 Å². The van der Waals surface area contributed by atoms with Crippen LogP contribution in [0.3, 0.4) is 0 Å². The molecule has 2 N–H and O–H groups in total. The normalized spacial score (nSPS) is 12.6. The molecular weight excluding hydrogens is 264 g/mol. The maximum Gasteiger partial charge on any atom is 0.273 e. The van der Waals surface area contributed by atoms with Gasteiger partial charge in [0.1, 0.15) is 0 Å². The summed E-state index contributed by atoms with van der Waals surface area (Å²) in [5, 5.41) is 13.6. The highest BCUT2D eigenvalue weighted by Crippen LogP contribution is 2.11. The van der Waals surface area contributed by atoms with Crippen LogP contribution in [0.25, 0.3) is 6.08 Å². The van der Waals surface area contributed by atoms with Crippen LogP contribution in [0.5, 0.6) is 0 Å². The van der Waals surface area contributed by atoms with Gasteiger partial charge in [-0.2, -0.15) is 5.10 Å². The van der Waals surface area contributed by atoms with E-state index in [0.717, 1.165) is 5.56 Å². The number of hydrazone groups is 1. The second-order valence-electron chi connectivity index (χ2n) is 4.34. The summed E-state index contributed by atoms with van der Waals surface area (Å²) in [6, 6.07) is 18.5. The molecule has 21 heavy (non-hydrogen) atoms. The lowest BCUT2D eigenvalue weighted by molar-refractivity contribution is -0.129. The maximum atomic E-state index is 11.7. The molecule has 0 aliphatic heterocycles. The van der Waals surface area contributed by atoms with Crippen molar-refractivity contribution in [2.24, 2.45) is 5.10 Å². The SMILES string of the molecule is O=C(NN=C/C=C/c1ccccc1)C(O)c1ccccc1. The molecule has 1 amide bonds. The molecule has 2 aromatic carbocycles. The van der Waals surface area contributed by atoms with Crippen molar-refractivity contribution < 1.29 is 9.90 Å². The molecule has 0 radical (unpaired) electrons. The quantitative estimate of drug-likeness (QED) is 0.653. The largest absolute Gasteiger partial charge is 0.378 e. The molecule has 2 aromatic rings. The van der Waals surface area contributed by atoms with E-state index in [1.807, 2.05) is 42.5 Å². The molecule has 106 valence electrons. The molecule has 4 nitrogen and oxygen atoms in total. The first-order valence-electron chi connectivity index (χ1n) is 6.55. The van der Waals surface area contributed by atoms with Crippen LogP contribution in [0.1, 0.15) is 17.2 Å². The predicted octanol–water partition coefficient (Wildman–Crippen LogP) is 2.54. The zero-order chi connectivity index (χ0) is 14.9. The van der Waals surface area contributed by atoms with Gasteiger partial charge >= 0.3 is 0 Å². The average molecular weight is 280 g/mol. The van der Waals surface area contributed by atoms with E-state index in [0.29, 0.717) is 5.56 Å². The van der Waals surface area contributed by atoms with Gasteiger partial charge in [-0.05, 0) is 17.2 Å². The second-order valence-corrected chi connectivity index (χ2v) is 4.34. The Bertz CT molecular complexity index is 622. The molecule has 2 rings (SSSR count). The predicted molar refractivity (Wildman–Crippen MR) is 83.5 cm³/mol. The molecule has 4 heteroatoms. The summed E-state index contributed by atoms with van der Waals surface area (Å²) >= 11 is 0. The Balaban J connectivity index is 1.84. The minimum Gasteiger partial charge on any atom is -0.378 e. The van der Waals surface area contributed by atoms with E-state index in [2.05, 4.69) is 10.5 Å². The van der Waals surface area contributed by atoms with Crippen molar-refractivity contribution in [3.63, 3.8) is 0 Å². The van der Waals surface area contributed by atoms with Gasteiger partial charge in [0.15, 0.2) is 6.10 Å². The Morgan fingerprint density at radius 2 is 1.67 bits per heavy atom. The molecule has 1 atom stereocenters. The zero-order valence-electron chi connectivity index (χ0n) is 11.4. The van der Waals surface area contributed by atoms with Crippen LogP contribution >= 0.6 is 0 Å². The average Bonchev–Trinajstić information content (AvgIpc) is 2.55. The van der Waals surface area contributed by atoms with Crippen molar-refractivity contribution in [3.8, 4) is 0 Å². The fourth-order valence-corrected chi connectivity index (χ4v) is 1.71. The van der Waals surface area contributed by atoms with Crippen molar-refractivity contribution in [2.75, 3.05) is 0 Å². The fraction of sp³-hybridized carbons (Fsp3) is 0.0588. The number of carbonyl (C=O) groups is 1. The second kappa shape index (κ2) is 7.77. The molecule has 0 aromatic heterocycles. The minimum absolute atomic E-state index is 0.532. The van der Waals surface area contributed by atoms with Gasteiger partial charge in [0.2, 0.25) is 0 Å². The number of hydrogen-bond acceptors (Lipinski definition) is 3. The van der Waals surface area contributed by atoms with Gasteiger partial charge in [0.25, 0.3) is 5.91 Å². The summed E-state index contributed by atoms with van der Waals surface area (Å²) < 4.78 is 0. The third kappa shape index (κ3) is 4.71. The van der Waals surface area contributed by atoms with Gasteiger partial charge in [-0.25, -0.2) is 5.43 Å². The molecule has 0 bridgehead atoms. The molecule has 0 aliphatic carbocycles. The number of allylic oxidation sites excluding steroid dienone is 1. The van der Waals surface area contributed by atoms with Crippen molar-refractivity contribution in [1.82, 2.24) is 5.43 Å². The lowest BCUT2D eigenvalue weighted by Gasteiger charge is -2.08. The van der Waals surface area contributed by atoms with Gasteiger partial charge in [-0.15, -0.1) is 0 Å². The Morgan fingerprint density at radius 3 is 2.33 bits per heavy atom. The third-order valence-corrected chi connectivity index (χ3v) is 2.79. The van der Waals surface area contributed by atoms with Crippen LogP contribution in [0.15, 0.2) is 71.8 Å². The third-order valence-electron chi connectivity index (χ3n) is 2.79. The summed E-state index contributed by atoms with van der Waals surface area (Å²) in [5.41, 5.74) is 3.87. The van der Waals surface area contributed by atoms with Crippen LogP contribution in [0.2, 0.25) is 0 Å². The van der Waals surface area contributed by atoms with Crippen molar-refractivity contribution in [2.45, 2.75) is 6.10 Å². The standard InChI is InChI=1S/C17H16N2O2/c20-16(15-11-5-2-6-12-15)17(21)19-18-13-7-10-14-8-3-1-4-9-14/h1-13,16,20H,(H,19,21)/b10-7+,18-13?. The summed E-state index contributed by atoms with van der Waals surface area (Å²) in [6.45, 7) is 0. The van der Waals surface area contributed by atoms with Crippen LogP contribution in [-0.4, -0.2) is 17.2 Å². The number of nitrogens with zero attached hydrogens (tertiary/aromatic N) is 1. The monoisotopic (exact) mass is 280 g/mol. The zero-order valence-corrected chi connectivity index (χ0v) is 11.4.